The molecule has 0 aliphatic heterocycles. The summed E-state index contributed by atoms with van der Waals surface area (Å²) in [5, 5.41) is 0. The number of pyridine rings is 1. The quantitative estimate of drug-likeness (QED) is 0.369. The van der Waals surface area contributed by atoms with Crippen molar-refractivity contribution in [3.05, 3.63) is 88.5 Å². The van der Waals surface area contributed by atoms with Crippen molar-refractivity contribution in [1.82, 2.24) is 4.98 Å². The van der Waals surface area contributed by atoms with Crippen LogP contribution >= 0.6 is 0 Å². The van der Waals surface area contributed by atoms with E-state index in [1.807, 2.05) is 18.2 Å². The van der Waals surface area contributed by atoms with Crippen LogP contribution in [0.4, 0.5) is 0 Å². The molecule has 3 rings (SSSR count). The molecule has 2 heterocycles. The minimum Gasteiger partial charge on any atom is -0.462 e. The van der Waals surface area contributed by atoms with Gasteiger partial charge in [0.1, 0.15) is 0 Å². The zero-order valence-electron chi connectivity index (χ0n) is 17.6. The van der Waals surface area contributed by atoms with E-state index in [4.69, 9.17) is 4.74 Å². The van der Waals surface area contributed by atoms with E-state index in [0.717, 1.165) is 0 Å². The average molecular weight is 405 g/mol. The number of nitrogens with one attached hydrogen (secondary N) is 1. The number of hydrogen-bond donors (Lipinski definition) is 1. The maximum absolute atomic E-state index is 13.1. The zero-order chi connectivity index (χ0) is 21.8. The van der Waals surface area contributed by atoms with Gasteiger partial charge in [-0.2, -0.15) is 4.57 Å². The van der Waals surface area contributed by atoms with Crippen LogP contribution in [0.25, 0.3) is 0 Å². The number of Topliss-reactive ketones (excluding diaryl/α,β-unsaturated/α-hetero) is 1. The lowest BCUT2D eigenvalue weighted by Gasteiger charge is -2.07. The Hall–Kier alpha value is -3.54. The largest absolute Gasteiger partial charge is 0.462 e. The number of esters is 1. The molecule has 0 fully saturated rings. The summed E-state index contributed by atoms with van der Waals surface area (Å²) in [7, 11) is 0. The van der Waals surface area contributed by atoms with Crippen molar-refractivity contribution < 1.29 is 23.7 Å². The standard InChI is InChI=1S/C24H24N2O4/c1-5-30-24(29)20-15(2)21(25-16(20)3)22(27)17(4)26-13-11-19(12-14-26)23(28)18-9-7-6-8-10-18/h6-14,17H,5H2,1-4H3/p+1/t17-/m0/s1. The van der Waals surface area contributed by atoms with Gasteiger partial charge in [-0.15, -0.1) is 0 Å². The molecule has 0 bridgehead atoms. The van der Waals surface area contributed by atoms with E-state index in [9.17, 15) is 14.4 Å². The zero-order valence-corrected chi connectivity index (χ0v) is 17.6. The SMILES string of the molecule is CCOC(=O)c1c(C)[nH]c(C(=O)[C@H](C)[n+]2ccc(C(=O)c3ccccc3)cc2)c1C. The van der Waals surface area contributed by atoms with Gasteiger partial charge < -0.3 is 9.72 Å². The predicted octanol–water partition coefficient (Wildman–Crippen LogP) is 3.77. The molecule has 0 amide bonds. The Bertz CT molecular complexity index is 1080. The monoisotopic (exact) mass is 405 g/mol. The van der Waals surface area contributed by atoms with Crippen molar-refractivity contribution in [2.75, 3.05) is 6.61 Å². The molecule has 6 heteroatoms. The van der Waals surface area contributed by atoms with Gasteiger partial charge in [-0.1, -0.05) is 30.3 Å². The summed E-state index contributed by atoms with van der Waals surface area (Å²) in [5.41, 5.74) is 3.15. The van der Waals surface area contributed by atoms with Crippen LogP contribution in [0.1, 0.15) is 67.9 Å². The lowest BCUT2D eigenvalue weighted by atomic mass is 10.0. The maximum Gasteiger partial charge on any atom is 0.340 e. The molecule has 1 aromatic carbocycles. The van der Waals surface area contributed by atoms with Crippen LogP contribution in [0, 0.1) is 13.8 Å². The number of benzene rings is 1. The van der Waals surface area contributed by atoms with Crippen molar-refractivity contribution in [2.24, 2.45) is 0 Å². The summed E-state index contributed by atoms with van der Waals surface area (Å²) in [5.74, 6) is -0.665. The second-order valence-corrected chi connectivity index (χ2v) is 7.11. The van der Waals surface area contributed by atoms with Gasteiger partial charge in [0.05, 0.1) is 17.9 Å². The first kappa shape index (κ1) is 21.2. The molecule has 1 atom stereocenters. The molecule has 2 aromatic heterocycles. The Balaban J connectivity index is 1.82. The van der Waals surface area contributed by atoms with E-state index in [1.54, 1.807) is 68.9 Å². The third-order valence-electron chi connectivity index (χ3n) is 5.14. The summed E-state index contributed by atoms with van der Waals surface area (Å²) in [6.07, 6.45) is 3.44. The van der Waals surface area contributed by atoms with Gasteiger partial charge in [-0.25, -0.2) is 4.79 Å². The molecule has 0 saturated carbocycles. The second-order valence-electron chi connectivity index (χ2n) is 7.11. The third-order valence-corrected chi connectivity index (χ3v) is 5.14. The third kappa shape index (κ3) is 4.08. The normalized spacial score (nSPS) is 11.7. The van der Waals surface area contributed by atoms with Crippen molar-refractivity contribution in [3.8, 4) is 0 Å². The van der Waals surface area contributed by atoms with E-state index >= 15 is 0 Å². The van der Waals surface area contributed by atoms with Gasteiger partial charge in [0.2, 0.25) is 11.8 Å². The van der Waals surface area contributed by atoms with Gasteiger partial charge in [-0.05, 0) is 26.3 Å². The van der Waals surface area contributed by atoms with Crippen LogP contribution in [-0.2, 0) is 4.74 Å². The number of aryl methyl sites for hydroxylation is 1. The Morgan fingerprint density at radius 1 is 1.00 bits per heavy atom. The Morgan fingerprint density at radius 2 is 1.60 bits per heavy atom. The molecule has 30 heavy (non-hydrogen) atoms. The molecule has 3 aromatic rings. The molecule has 0 unspecified atom stereocenters. The van der Waals surface area contributed by atoms with E-state index in [1.165, 1.54) is 0 Å². The highest BCUT2D eigenvalue weighted by molar-refractivity contribution is 6.08. The number of aromatic nitrogens is 2. The van der Waals surface area contributed by atoms with E-state index in [-0.39, 0.29) is 18.2 Å². The van der Waals surface area contributed by atoms with Crippen LogP contribution in [0.3, 0.4) is 0 Å². The van der Waals surface area contributed by atoms with Crippen molar-refractivity contribution in [1.29, 1.82) is 0 Å². The molecule has 6 nitrogen and oxygen atoms in total. The molecular formula is C24H25N2O4+. The Morgan fingerprint density at radius 3 is 2.20 bits per heavy atom. The molecular weight excluding hydrogens is 380 g/mol. The van der Waals surface area contributed by atoms with Gasteiger partial charge in [-0.3, -0.25) is 9.59 Å². The average Bonchev–Trinajstić information content (AvgIpc) is 3.07. The number of carbonyl (C=O) groups is 3. The first-order valence-corrected chi connectivity index (χ1v) is 9.86. The van der Waals surface area contributed by atoms with Gasteiger partial charge in [0.15, 0.2) is 18.2 Å². The van der Waals surface area contributed by atoms with Gasteiger partial charge >= 0.3 is 5.97 Å². The molecule has 0 saturated heterocycles. The number of aromatic amines is 1. The minimum absolute atomic E-state index is 0.0726. The van der Waals surface area contributed by atoms with Crippen LogP contribution in [-0.4, -0.2) is 29.1 Å². The van der Waals surface area contributed by atoms with Crippen LogP contribution in [0.2, 0.25) is 0 Å². The number of ether oxygens (including phenoxy) is 1. The molecule has 0 aliphatic carbocycles. The highest BCUT2D eigenvalue weighted by Gasteiger charge is 2.30. The highest BCUT2D eigenvalue weighted by atomic mass is 16.5. The Labute approximate surface area is 175 Å². The summed E-state index contributed by atoms with van der Waals surface area (Å²) in [4.78, 5) is 40.9. The smallest absolute Gasteiger partial charge is 0.340 e. The number of H-pyrrole nitrogens is 1. The summed E-state index contributed by atoms with van der Waals surface area (Å²) in [6.45, 7) is 7.28. The fraction of sp³-hybridized carbons (Fsp3) is 0.250. The summed E-state index contributed by atoms with van der Waals surface area (Å²) < 4.78 is 6.83. The molecule has 0 spiro atoms. The van der Waals surface area contributed by atoms with Crippen LogP contribution in [0.15, 0.2) is 54.9 Å². The topological polar surface area (TPSA) is 80.1 Å². The first-order chi connectivity index (χ1) is 14.3. The van der Waals surface area contributed by atoms with E-state index in [0.29, 0.717) is 33.6 Å². The maximum atomic E-state index is 13.1. The predicted molar refractivity (Wildman–Crippen MR) is 112 cm³/mol. The van der Waals surface area contributed by atoms with E-state index < -0.39 is 12.0 Å². The van der Waals surface area contributed by atoms with Crippen LogP contribution < -0.4 is 4.57 Å². The number of hydrogen-bond acceptors (Lipinski definition) is 4. The summed E-state index contributed by atoms with van der Waals surface area (Å²) in [6, 6.07) is 11.9. The first-order valence-electron chi connectivity index (χ1n) is 9.86. The number of rotatable bonds is 7. The molecule has 0 aliphatic rings. The number of carbonyl (C=O) groups excluding carboxylic acids is 3. The second kappa shape index (κ2) is 8.86. The van der Waals surface area contributed by atoms with E-state index in [2.05, 4.69) is 4.98 Å². The number of nitrogens with zero attached hydrogens (tertiary/aromatic N) is 1. The van der Waals surface area contributed by atoms with Gasteiger partial charge in [0.25, 0.3) is 0 Å². The number of ketones is 2. The fourth-order valence-corrected chi connectivity index (χ4v) is 3.45. The summed E-state index contributed by atoms with van der Waals surface area (Å²) >= 11 is 0. The van der Waals surface area contributed by atoms with Crippen molar-refractivity contribution in [3.63, 3.8) is 0 Å². The molecule has 154 valence electrons. The van der Waals surface area contributed by atoms with Crippen molar-refractivity contribution >= 4 is 17.5 Å². The Kier molecular flexibility index (Phi) is 6.26. The molecule has 0 radical (unpaired) electrons. The van der Waals surface area contributed by atoms with Gasteiger partial charge in [0, 0.05) is 35.9 Å². The molecule has 1 N–H and O–H groups in total. The lowest BCUT2D eigenvalue weighted by molar-refractivity contribution is -0.704. The fourth-order valence-electron chi connectivity index (χ4n) is 3.45. The van der Waals surface area contributed by atoms with Crippen LogP contribution in [0.5, 0.6) is 0 Å². The van der Waals surface area contributed by atoms with Crippen molar-refractivity contribution in [2.45, 2.75) is 33.7 Å². The minimum atomic E-state index is -0.516. The lowest BCUT2D eigenvalue weighted by Crippen LogP contribution is -2.42. The highest BCUT2D eigenvalue weighted by Crippen LogP contribution is 2.22.